The molecular weight excluding hydrogens is 274 g/mol. The molecule has 0 radical (unpaired) electrons. The molecule has 2 aromatic rings. The van der Waals surface area contributed by atoms with Crippen LogP contribution in [0.1, 0.15) is 17.4 Å². The zero-order valence-electron chi connectivity index (χ0n) is 11.0. The quantitative estimate of drug-likeness (QED) is 0.822. The number of carbonyl (C=O) groups is 1. The molecule has 0 saturated heterocycles. The van der Waals surface area contributed by atoms with E-state index < -0.39 is 6.10 Å². The highest BCUT2D eigenvalue weighted by molar-refractivity contribution is 7.99. The Morgan fingerprint density at radius 1 is 1.25 bits per heavy atom. The van der Waals surface area contributed by atoms with Crippen LogP contribution in [0.15, 0.2) is 53.1 Å². The van der Waals surface area contributed by atoms with Crippen LogP contribution < -0.4 is 5.32 Å². The smallest absolute Gasteiger partial charge is 0.230 e. The van der Waals surface area contributed by atoms with E-state index in [0.29, 0.717) is 18.1 Å². The summed E-state index contributed by atoms with van der Waals surface area (Å²) in [7, 11) is 0. The van der Waals surface area contributed by atoms with E-state index in [1.165, 1.54) is 11.8 Å². The predicted octanol–water partition coefficient (Wildman–Crippen LogP) is 2.36. The Bertz CT molecular complexity index is 513. The molecule has 0 fully saturated rings. The van der Waals surface area contributed by atoms with Crippen molar-refractivity contribution in [2.75, 3.05) is 11.5 Å². The number of aliphatic hydroxyl groups excluding tert-OH is 1. The van der Waals surface area contributed by atoms with Crippen molar-refractivity contribution in [1.82, 2.24) is 5.32 Å². The fourth-order valence-electron chi connectivity index (χ4n) is 1.68. The van der Waals surface area contributed by atoms with Gasteiger partial charge in [0.15, 0.2) is 0 Å². The summed E-state index contributed by atoms with van der Waals surface area (Å²) < 4.78 is 5.12. The van der Waals surface area contributed by atoms with Crippen molar-refractivity contribution in [2.45, 2.75) is 12.6 Å². The summed E-state index contributed by atoms with van der Waals surface area (Å²) in [6.45, 7) is 0.396. The van der Waals surface area contributed by atoms with Gasteiger partial charge >= 0.3 is 0 Å². The molecule has 0 unspecified atom stereocenters. The zero-order chi connectivity index (χ0) is 14.2. The Labute approximate surface area is 122 Å². The lowest BCUT2D eigenvalue weighted by atomic mass is 10.1. The largest absolute Gasteiger partial charge is 0.467 e. The number of aliphatic hydroxyl groups is 1. The van der Waals surface area contributed by atoms with Crippen LogP contribution in [0.5, 0.6) is 0 Å². The number of furan rings is 1. The van der Waals surface area contributed by atoms with Crippen LogP contribution in [0.4, 0.5) is 0 Å². The summed E-state index contributed by atoms with van der Waals surface area (Å²) in [5, 5.41) is 12.7. The molecule has 1 aromatic heterocycles. The fraction of sp³-hybridized carbons (Fsp3) is 0.267. The number of benzene rings is 1. The summed E-state index contributed by atoms with van der Waals surface area (Å²) in [5.74, 6) is 1.49. The SMILES string of the molecule is O=C(CSC[C@@H](O)c1ccccc1)NCc1ccco1. The van der Waals surface area contributed by atoms with Crippen LogP contribution in [-0.2, 0) is 11.3 Å². The van der Waals surface area contributed by atoms with Gasteiger partial charge in [0.1, 0.15) is 5.76 Å². The highest BCUT2D eigenvalue weighted by atomic mass is 32.2. The van der Waals surface area contributed by atoms with Crippen molar-refractivity contribution in [3.05, 3.63) is 60.1 Å². The third kappa shape index (κ3) is 4.75. The van der Waals surface area contributed by atoms with E-state index in [-0.39, 0.29) is 5.91 Å². The van der Waals surface area contributed by atoms with Crippen LogP contribution in [0.25, 0.3) is 0 Å². The number of amides is 1. The molecule has 1 amide bonds. The molecule has 2 rings (SSSR count). The van der Waals surface area contributed by atoms with Crippen molar-refractivity contribution in [1.29, 1.82) is 0 Å². The molecule has 1 aromatic carbocycles. The lowest BCUT2D eigenvalue weighted by Crippen LogP contribution is -2.24. The third-order valence-corrected chi connectivity index (χ3v) is 3.75. The van der Waals surface area contributed by atoms with Gasteiger partial charge in [-0.15, -0.1) is 11.8 Å². The molecule has 0 saturated carbocycles. The van der Waals surface area contributed by atoms with Crippen LogP contribution in [0, 0.1) is 0 Å². The molecule has 106 valence electrons. The van der Waals surface area contributed by atoms with Gasteiger partial charge < -0.3 is 14.8 Å². The molecule has 20 heavy (non-hydrogen) atoms. The van der Waals surface area contributed by atoms with Gasteiger partial charge in [-0.25, -0.2) is 0 Å². The zero-order valence-corrected chi connectivity index (χ0v) is 11.8. The predicted molar refractivity (Wildman–Crippen MR) is 79.3 cm³/mol. The summed E-state index contributed by atoms with van der Waals surface area (Å²) in [5.41, 5.74) is 0.871. The van der Waals surface area contributed by atoms with E-state index in [1.807, 2.05) is 36.4 Å². The van der Waals surface area contributed by atoms with E-state index in [4.69, 9.17) is 4.42 Å². The first-order valence-electron chi connectivity index (χ1n) is 6.35. The monoisotopic (exact) mass is 291 g/mol. The van der Waals surface area contributed by atoms with Gasteiger partial charge in [0.2, 0.25) is 5.91 Å². The normalized spacial score (nSPS) is 12.1. The summed E-state index contributed by atoms with van der Waals surface area (Å²) >= 11 is 1.41. The molecule has 0 aliphatic heterocycles. The van der Waals surface area contributed by atoms with Gasteiger partial charge in [-0.2, -0.15) is 0 Å². The molecule has 0 aliphatic carbocycles. The molecular formula is C15H17NO3S. The van der Waals surface area contributed by atoms with Gasteiger partial charge in [-0.05, 0) is 17.7 Å². The van der Waals surface area contributed by atoms with E-state index in [2.05, 4.69) is 5.32 Å². The second-order valence-electron chi connectivity index (χ2n) is 4.30. The molecule has 0 aliphatic rings. The minimum Gasteiger partial charge on any atom is -0.467 e. The summed E-state index contributed by atoms with van der Waals surface area (Å²) in [4.78, 5) is 11.6. The number of thioether (sulfide) groups is 1. The van der Waals surface area contributed by atoms with Crippen LogP contribution in [0.3, 0.4) is 0 Å². The third-order valence-electron chi connectivity index (χ3n) is 2.73. The first-order valence-corrected chi connectivity index (χ1v) is 7.51. The maximum atomic E-state index is 11.6. The fourth-order valence-corrected chi connectivity index (χ4v) is 2.51. The van der Waals surface area contributed by atoms with E-state index in [9.17, 15) is 9.90 Å². The number of rotatable bonds is 7. The maximum absolute atomic E-state index is 11.6. The highest BCUT2D eigenvalue weighted by Crippen LogP contribution is 2.17. The average molecular weight is 291 g/mol. The summed E-state index contributed by atoms with van der Waals surface area (Å²) in [6.07, 6.45) is 1.03. The number of carbonyl (C=O) groups excluding carboxylic acids is 1. The molecule has 0 bridgehead atoms. The van der Waals surface area contributed by atoms with Gasteiger partial charge in [0.05, 0.1) is 24.7 Å². The Hall–Kier alpha value is -1.72. The lowest BCUT2D eigenvalue weighted by Gasteiger charge is -2.10. The van der Waals surface area contributed by atoms with Crippen molar-refractivity contribution >= 4 is 17.7 Å². The van der Waals surface area contributed by atoms with Crippen molar-refractivity contribution in [3.63, 3.8) is 0 Å². The Balaban J connectivity index is 1.64. The van der Waals surface area contributed by atoms with Gasteiger partial charge in [-0.1, -0.05) is 30.3 Å². The van der Waals surface area contributed by atoms with Crippen LogP contribution >= 0.6 is 11.8 Å². The highest BCUT2D eigenvalue weighted by Gasteiger charge is 2.09. The molecule has 0 spiro atoms. The second kappa shape index (κ2) is 7.77. The minimum absolute atomic E-state index is 0.0633. The van der Waals surface area contributed by atoms with Crippen molar-refractivity contribution in [3.8, 4) is 0 Å². The van der Waals surface area contributed by atoms with E-state index >= 15 is 0 Å². The van der Waals surface area contributed by atoms with E-state index in [1.54, 1.807) is 12.3 Å². The van der Waals surface area contributed by atoms with Crippen LogP contribution in [0.2, 0.25) is 0 Å². The van der Waals surface area contributed by atoms with Gasteiger partial charge in [0.25, 0.3) is 0 Å². The molecule has 1 atom stereocenters. The van der Waals surface area contributed by atoms with Crippen LogP contribution in [-0.4, -0.2) is 22.5 Å². The first kappa shape index (κ1) is 14.7. The van der Waals surface area contributed by atoms with Gasteiger partial charge in [0, 0.05) is 5.75 Å². The standard InChI is InChI=1S/C15H17NO3S/c17-14(12-5-2-1-3-6-12)10-20-11-15(18)16-9-13-7-4-8-19-13/h1-8,14,17H,9-11H2,(H,16,18)/t14-/m1/s1. The molecule has 4 nitrogen and oxygen atoms in total. The minimum atomic E-state index is -0.543. The molecule has 1 heterocycles. The maximum Gasteiger partial charge on any atom is 0.230 e. The van der Waals surface area contributed by atoms with Gasteiger partial charge in [-0.3, -0.25) is 4.79 Å². The second-order valence-corrected chi connectivity index (χ2v) is 5.33. The number of hydrogen-bond donors (Lipinski definition) is 2. The van der Waals surface area contributed by atoms with Crippen molar-refractivity contribution < 1.29 is 14.3 Å². The summed E-state index contributed by atoms with van der Waals surface area (Å²) in [6, 6.07) is 13.0. The Morgan fingerprint density at radius 2 is 2.05 bits per heavy atom. The molecule has 5 heteroatoms. The van der Waals surface area contributed by atoms with E-state index in [0.717, 1.165) is 11.3 Å². The Kier molecular flexibility index (Phi) is 5.70. The topological polar surface area (TPSA) is 62.5 Å². The lowest BCUT2D eigenvalue weighted by molar-refractivity contribution is -0.118. The number of hydrogen-bond acceptors (Lipinski definition) is 4. The molecule has 2 N–H and O–H groups in total. The Morgan fingerprint density at radius 3 is 2.75 bits per heavy atom. The number of nitrogens with one attached hydrogen (secondary N) is 1. The first-order chi connectivity index (χ1) is 9.75. The average Bonchev–Trinajstić information content (AvgIpc) is 2.99. The van der Waals surface area contributed by atoms with Crippen molar-refractivity contribution in [2.24, 2.45) is 0 Å².